The van der Waals surface area contributed by atoms with Crippen molar-refractivity contribution in [3.05, 3.63) is 42.1 Å². The summed E-state index contributed by atoms with van der Waals surface area (Å²) in [6.07, 6.45) is 1.71. The number of rotatable bonds is 3. The molecule has 1 aromatic carbocycles. The van der Waals surface area contributed by atoms with Gasteiger partial charge in [0.05, 0.1) is 5.52 Å². The van der Waals surface area contributed by atoms with E-state index in [2.05, 4.69) is 10.3 Å². The second kappa shape index (κ2) is 4.93. The normalized spacial score (nSPS) is 12.4. The molecule has 1 aromatic heterocycles. The van der Waals surface area contributed by atoms with Gasteiger partial charge in [-0.15, -0.1) is 0 Å². The number of hydrogen-bond acceptors (Lipinski definition) is 3. The molecule has 2 rings (SSSR count). The van der Waals surface area contributed by atoms with Crippen LogP contribution in [0.15, 0.2) is 36.5 Å². The molecule has 0 aliphatic carbocycles. The summed E-state index contributed by atoms with van der Waals surface area (Å²) in [6, 6.07) is 9.18. The fraction of sp³-hybridized carbons (Fsp3) is 0.231. The predicted molar refractivity (Wildman–Crippen MR) is 67.7 cm³/mol. The third kappa shape index (κ3) is 2.60. The van der Waals surface area contributed by atoms with E-state index in [0.29, 0.717) is 12.1 Å². The second-order valence-electron chi connectivity index (χ2n) is 4.06. The van der Waals surface area contributed by atoms with Crippen LogP contribution < -0.4 is 11.1 Å². The van der Waals surface area contributed by atoms with Crippen molar-refractivity contribution in [3.63, 3.8) is 0 Å². The van der Waals surface area contributed by atoms with E-state index >= 15 is 0 Å². The van der Waals surface area contributed by atoms with Crippen molar-refractivity contribution in [2.45, 2.75) is 13.0 Å². The molecule has 3 N–H and O–H groups in total. The SMILES string of the molecule is CC(N)CNC(=O)c1cccc2ncccc12. The fourth-order valence-electron chi connectivity index (χ4n) is 1.65. The number of pyridine rings is 1. The van der Waals surface area contributed by atoms with Gasteiger partial charge in [-0.1, -0.05) is 12.1 Å². The molecule has 0 saturated carbocycles. The maximum Gasteiger partial charge on any atom is 0.252 e. The molecule has 0 radical (unpaired) electrons. The van der Waals surface area contributed by atoms with Gasteiger partial charge in [-0.2, -0.15) is 0 Å². The molecule has 17 heavy (non-hydrogen) atoms. The molecule has 1 amide bonds. The van der Waals surface area contributed by atoms with E-state index in [9.17, 15) is 4.79 Å². The van der Waals surface area contributed by atoms with Gasteiger partial charge < -0.3 is 11.1 Å². The number of nitrogens with zero attached hydrogens (tertiary/aromatic N) is 1. The van der Waals surface area contributed by atoms with Gasteiger partial charge in [0.1, 0.15) is 0 Å². The van der Waals surface area contributed by atoms with Crippen molar-refractivity contribution in [1.82, 2.24) is 10.3 Å². The number of carbonyl (C=O) groups is 1. The van der Waals surface area contributed by atoms with Gasteiger partial charge in [0.15, 0.2) is 0 Å². The number of nitrogens with two attached hydrogens (primary N) is 1. The largest absolute Gasteiger partial charge is 0.350 e. The zero-order valence-electron chi connectivity index (χ0n) is 9.68. The van der Waals surface area contributed by atoms with Crippen molar-refractivity contribution in [2.24, 2.45) is 5.73 Å². The molecule has 0 aliphatic heterocycles. The molecule has 1 atom stereocenters. The molecule has 0 aliphatic rings. The second-order valence-corrected chi connectivity index (χ2v) is 4.06. The Kier molecular flexibility index (Phi) is 3.35. The van der Waals surface area contributed by atoms with Crippen molar-refractivity contribution in [3.8, 4) is 0 Å². The summed E-state index contributed by atoms with van der Waals surface area (Å²) in [6.45, 7) is 2.32. The number of fused-ring (bicyclic) bond motifs is 1. The first kappa shape index (κ1) is 11.5. The van der Waals surface area contributed by atoms with Gasteiger partial charge in [0.25, 0.3) is 5.91 Å². The van der Waals surface area contributed by atoms with Gasteiger partial charge >= 0.3 is 0 Å². The molecule has 0 spiro atoms. The molecule has 88 valence electrons. The van der Waals surface area contributed by atoms with Crippen LogP contribution in [0, 0.1) is 0 Å². The topological polar surface area (TPSA) is 68.0 Å². The lowest BCUT2D eigenvalue weighted by Crippen LogP contribution is -2.35. The van der Waals surface area contributed by atoms with Crippen LogP contribution in [0.25, 0.3) is 10.9 Å². The van der Waals surface area contributed by atoms with Crippen LogP contribution in [-0.4, -0.2) is 23.5 Å². The minimum absolute atomic E-state index is 0.0490. The van der Waals surface area contributed by atoms with Crippen molar-refractivity contribution < 1.29 is 4.79 Å². The van der Waals surface area contributed by atoms with Gasteiger partial charge in [-0.05, 0) is 25.1 Å². The predicted octanol–water partition coefficient (Wildman–Crippen LogP) is 1.31. The first-order chi connectivity index (χ1) is 8.18. The molecule has 4 nitrogen and oxygen atoms in total. The highest BCUT2D eigenvalue weighted by Crippen LogP contribution is 2.15. The van der Waals surface area contributed by atoms with Crippen LogP contribution in [0.2, 0.25) is 0 Å². The summed E-state index contributed by atoms with van der Waals surface area (Å²) in [4.78, 5) is 16.2. The molecular formula is C13H15N3O. The summed E-state index contributed by atoms with van der Waals surface area (Å²) in [5, 5.41) is 3.66. The smallest absolute Gasteiger partial charge is 0.252 e. The Morgan fingerprint density at radius 3 is 3.00 bits per heavy atom. The average Bonchev–Trinajstić information content (AvgIpc) is 2.35. The highest BCUT2D eigenvalue weighted by molar-refractivity contribution is 6.06. The highest BCUT2D eigenvalue weighted by atomic mass is 16.1. The van der Waals surface area contributed by atoms with E-state index in [1.165, 1.54) is 0 Å². The van der Waals surface area contributed by atoms with Crippen LogP contribution in [0.1, 0.15) is 17.3 Å². The van der Waals surface area contributed by atoms with E-state index in [4.69, 9.17) is 5.73 Å². The lowest BCUT2D eigenvalue weighted by molar-refractivity contribution is 0.0953. The van der Waals surface area contributed by atoms with Gasteiger partial charge in [-0.25, -0.2) is 0 Å². The van der Waals surface area contributed by atoms with E-state index in [1.54, 1.807) is 12.3 Å². The van der Waals surface area contributed by atoms with Crippen molar-refractivity contribution in [1.29, 1.82) is 0 Å². The standard InChI is InChI=1S/C13H15N3O/c1-9(14)8-16-13(17)11-4-2-6-12-10(11)5-3-7-15-12/h2-7,9H,8,14H2,1H3,(H,16,17). The Morgan fingerprint density at radius 2 is 2.24 bits per heavy atom. The average molecular weight is 229 g/mol. The monoisotopic (exact) mass is 229 g/mol. The summed E-state index contributed by atoms with van der Waals surface area (Å²) < 4.78 is 0. The number of hydrogen-bond donors (Lipinski definition) is 2. The van der Waals surface area contributed by atoms with E-state index in [-0.39, 0.29) is 11.9 Å². The summed E-state index contributed by atoms with van der Waals surface area (Å²) in [5.74, 6) is -0.110. The summed E-state index contributed by atoms with van der Waals surface area (Å²) in [5.41, 5.74) is 7.06. The Bertz CT molecular complexity index is 532. The molecular weight excluding hydrogens is 214 g/mol. The first-order valence-corrected chi connectivity index (χ1v) is 5.56. The minimum atomic E-state index is -0.110. The summed E-state index contributed by atoms with van der Waals surface area (Å²) >= 11 is 0. The third-order valence-electron chi connectivity index (χ3n) is 2.47. The Balaban J connectivity index is 2.32. The van der Waals surface area contributed by atoms with E-state index in [0.717, 1.165) is 10.9 Å². The number of aromatic nitrogens is 1. The third-order valence-corrected chi connectivity index (χ3v) is 2.47. The molecule has 0 fully saturated rings. The van der Waals surface area contributed by atoms with Crippen LogP contribution in [0.4, 0.5) is 0 Å². The van der Waals surface area contributed by atoms with Crippen LogP contribution >= 0.6 is 0 Å². The Morgan fingerprint density at radius 1 is 1.41 bits per heavy atom. The van der Waals surface area contributed by atoms with Gasteiger partial charge in [0, 0.05) is 29.7 Å². The number of carbonyl (C=O) groups excluding carboxylic acids is 1. The zero-order valence-corrected chi connectivity index (χ0v) is 9.68. The minimum Gasteiger partial charge on any atom is -0.350 e. The first-order valence-electron chi connectivity index (χ1n) is 5.56. The lowest BCUT2D eigenvalue weighted by atomic mass is 10.1. The Labute approximate surface area is 99.8 Å². The number of amides is 1. The van der Waals surface area contributed by atoms with E-state index in [1.807, 2.05) is 31.2 Å². The van der Waals surface area contributed by atoms with Crippen molar-refractivity contribution >= 4 is 16.8 Å². The molecule has 1 heterocycles. The molecule has 2 aromatic rings. The molecule has 0 bridgehead atoms. The van der Waals surface area contributed by atoms with Crippen LogP contribution in [0.3, 0.4) is 0 Å². The summed E-state index contributed by atoms with van der Waals surface area (Å²) in [7, 11) is 0. The lowest BCUT2D eigenvalue weighted by Gasteiger charge is -2.09. The van der Waals surface area contributed by atoms with Crippen LogP contribution in [0.5, 0.6) is 0 Å². The quantitative estimate of drug-likeness (QED) is 0.833. The molecule has 4 heteroatoms. The van der Waals surface area contributed by atoms with Crippen molar-refractivity contribution in [2.75, 3.05) is 6.54 Å². The zero-order chi connectivity index (χ0) is 12.3. The fourth-order valence-corrected chi connectivity index (χ4v) is 1.65. The van der Waals surface area contributed by atoms with Crippen LogP contribution in [-0.2, 0) is 0 Å². The maximum absolute atomic E-state index is 12.0. The molecule has 1 unspecified atom stereocenters. The van der Waals surface area contributed by atoms with E-state index < -0.39 is 0 Å². The number of nitrogens with one attached hydrogen (secondary N) is 1. The highest BCUT2D eigenvalue weighted by Gasteiger charge is 2.09. The van der Waals surface area contributed by atoms with Gasteiger partial charge in [-0.3, -0.25) is 9.78 Å². The van der Waals surface area contributed by atoms with Gasteiger partial charge in [0.2, 0.25) is 0 Å². The Hall–Kier alpha value is -1.94. The molecule has 0 saturated heterocycles. The maximum atomic E-state index is 12.0. The number of benzene rings is 1.